The van der Waals surface area contributed by atoms with Crippen molar-refractivity contribution in [3.05, 3.63) is 23.3 Å². The van der Waals surface area contributed by atoms with Crippen molar-refractivity contribution in [2.75, 3.05) is 0 Å². The lowest BCUT2D eigenvalue weighted by Gasteiger charge is -2.22. The Kier molecular flexibility index (Phi) is 5.50. The van der Waals surface area contributed by atoms with Crippen LogP contribution in [-0.4, -0.2) is 43.8 Å². The van der Waals surface area contributed by atoms with Crippen LogP contribution >= 0.6 is 0 Å². The van der Waals surface area contributed by atoms with Crippen LogP contribution < -0.4 is 0 Å². The second-order valence-corrected chi connectivity index (χ2v) is 8.06. The topological polar surface area (TPSA) is 80.9 Å². The van der Waals surface area contributed by atoms with E-state index >= 15 is 0 Å². The van der Waals surface area contributed by atoms with Gasteiger partial charge in [-0.1, -0.05) is 12.2 Å². The molecule has 24 heavy (non-hydrogen) atoms. The van der Waals surface area contributed by atoms with E-state index in [1.165, 1.54) is 25.7 Å². The predicted molar refractivity (Wildman–Crippen MR) is 93.5 cm³/mol. The maximum Gasteiger partial charge on any atom is 0.104 e. The molecule has 2 saturated carbocycles. The van der Waals surface area contributed by atoms with Crippen LogP contribution in [0.5, 0.6) is 0 Å². The first kappa shape index (κ1) is 18.1. The van der Waals surface area contributed by atoms with E-state index in [-0.39, 0.29) is 0 Å². The fraction of sp³-hybridized carbons (Fsp3) is 0.800. The van der Waals surface area contributed by atoms with E-state index in [9.17, 15) is 20.4 Å². The van der Waals surface area contributed by atoms with Gasteiger partial charge in [0.15, 0.2) is 0 Å². The van der Waals surface area contributed by atoms with Gasteiger partial charge in [-0.05, 0) is 88.2 Å². The van der Waals surface area contributed by atoms with Gasteiger partial charge in [0.2, 0.25) is 0 Å². The SMILES string of the molecule is O[C@@H](C1=CCCCC1)C1(O)CC1.O[C@H](C1=CCCCC1)C1(O)CC1. The number of hydrogen-bond donors (Lipinski definition) is 4. The van der Waals surface area contributed by atoms with E-state index in [2.05, 4.69) is 12.2 Å². The molecule has 4 aliphatic rings. The van der Waals surface area contributed by atoms with Crippen molar-refractivity contribution in [3.8, 4) is 0 Å². The quantitative estimate of drug-likeness (QED) is 0.595. The average molecular weight is 336 g/mol. The Bertz CT molecular complexity index is 454. The Hall–Kier alpha value is -0.680. The van der Waals surface area contributed by atoms with Gasteiger partial charge in [0.25, 0.3) is 0 Å². The van der Waals surface area contributed by atoms with E-state index in [1.807, 2.05) is 0 Å². The smallest absolute Gasteiger partial charge is 0.104 e. The minimum atomic E-state index is -0.747. The lowest BCUT2D eigenvalue weighted by Crippen LogP contribution is -2.30. The highest BCUT2D eigenvalue weighted by Crippen LogP contribution is 2.43. The molecule has 0 radical (unpaired) electrons. The molecule has 4 rings (SSSR count). The minimum Gasteiger partial charge on any atom is -0.387 e. The number of allylic oxidation sites excluding steroid dienone is 2. The first-order valence-electron chi connectivity index (χ1n) is 9.63. The second-order valence-electron chi connectivity index (χ2n) is 8.06. The summed E-state index contributed by atoms with van der Waals surface area (Å²) in [7, 11) is 0. The molecular weight excluding hydrogens is 304 g/mol. The van der Waals surface area contributed by atoms with Gasteiger partial charge < -0.3 is 20.4 Å². The first-order chi connectivity index (χ1) is 11.4. The fourth-order valence-electron chi connectivity index (χ4n) is 3.72. The van der Waals surface area contributed by atoms with Gasteiger partial charge in [-0.2, -0.15) is 0 Å². The molecule has 0 aromatic rings. The summed E-state index contributed by atoms with van der Waals surface area (Å²) >= 11 is 0. The maximum atomic E-state index is 9.75. The summed E-state index contributed by atoms with van der Waals surface area (Å²) in [5, 5.41) is 38.8. The standard InChI is InChI=1S/2C10H16O2/c2*11-9(10(12)6-7-10)8-4-2-1-3-5-8/h2*4,9,11-12H,1-3,5-7H2/t2*9-/m10/s1. The summed E-state index contributed by atoms with van der Waals surface area (Å²) in [6.07, 6.45) is 15.0. The zero-order valence-corrected chi connectivity index (χ0v) is 14.6. The van der Waals surface area contributed by atoms with Gasteiger partial charge in [0.1, 0.15) is 12.2 Å². The molecule has 4 aliphatic carbocycles. The molecule has 4 heteroatoms. The monoisotopic (exact) mass is 336 g/mol. The summed E-state index contributed by atoms with van der Waals surface area (Å²) in [5.41, 5.74) is 0.648. The van der Waals surface area contributed by atoms with E-state index in [0.29, 0.717) is 0 Å². The fourth-order valence-corrected chi connectivity index (χ4v) is 3.72. The lowest BCUT2D eigenvalue weighted by molar-refractivity contribution is 0.0189. The number of aliphatic hydroxyl groups excluding tert-OH is 2. The maximum absolute atomic E-state index is 9.75. The van der Waals surface area contributed by atoms with Gasteiger partial charge in [-0.25, -0.2) is 0 Å². The van der Waals surface area contributed by atoms with Crippen LogP contribution in [0.25, 0.3) is 0 Å². The van der Waals surface area contributed by atoms with E-state index in [4.69, 9.17) is 0 Å². The molecule has 4 N–H and O–H groups in total. The van der Waals surface area contributed by atoms with E-state index < -0.39 is 23.4 Å². The zero-order valence-electron chi connectivity index (χ0n) is 14.6. The van der Waals surface area contributed by atoms with Crippen LogP contribution in [0.3, 0.4) is 0 Å². The molecule has 0 amide bonds. The van der Waals surface area contributed by atoms with Crippen molar-refractivity contribution in [1.82, 2.24) is 0 Å². The van der Waals surface area contributed by atoms with Gasteiger partial charge in [-0.15, -0.1) is 0 Å². The predicted octanol–water partition coefficient (Wildman–Crippen LogP) is 2.75. The van der Waals surface area contributed by atoms with Crippen LogP contribution in [-0.2, 0) is 0 Å². The van der Waals surface area contributed by atoms with E-state index in [0.717, 1.165) is 62.5 Å². The molecular formula is C20H32O4. The lowest BCUT2D eigenvalue weighted by atomic mass is 9.92. The van der Waals surface area contributed by atoms with Crippen molar-refractivity contribution >= 4 is 0 Å². The Morgan fingerprint density at radius 1 is 0.667 bits per heavy atom. The Morgan fingerprint density at radius 3 is 1.29 bits per heavy atom. The van der Waals surface area contributed by atoms with Crippen molar-refractivity contribution < 1.29 is 20.4 Å². The Balaban J connectivity index is 0.000000141. The zero-order chi connectivity index (χ0) is 17.2. The van der Waals surface area contributed by atoms with Gasteiger partial charge in [-0.3, -0.25) is 0 Å². The van der Waals surface area contributed by atoms with Crippen molar-refractivity contribution in [3.63, 3.8) is 0 Å². The Labute approximate surface area is 144 Å². The van der Waals surface area contributed by atoms with Gasteiger partial charge in [0, 0.05) is 0 Å². The van der Waals surface area contributed by atoms with E-state index in [1.54, 1.807) is 0 Å². The molecule has 2 atom stereocenters. The molecule has 0 unspecified atom stereocenters. The van der Waals surface area contributed by atoms with Crippen LogP contribution in [0.2, 0.25) is 0 Å². The van der Waals surface area contributed by atoms with Crippen LogP contribution in [0, 0.1) is 0 Å². The first-order valence-corrected chi connectivity index (χ1v) is 9.63. The van der Waals surface area contributed by atoms with Crippen molar-refractivity contribution in [2.45, 2.75) is 100 Å². The molecule has 0 heterocycles. The highest BCUT2D eigenvalue weighted by Gasteiger charge is 2.49. The van der Waals surface area contributed by atoms with Crippen LogP contribution in [0.1, 0.15) is 77.0 Å². The summed E-state index contributed by atoms with van der Waals surface area (Å²) in [5.74, 6) is 0. The third kappa shape index (κ3) is 4.29. The molecule has 0 aromatic carbocycles. The van der Waals surface area contributed by atoms with Gasteiger partial charge >= 0.3 is 0 Å². The molecule has 0 aromatic heterocycles. The molecule has 0 spiro atoms. The summed E-state index contributed by atoms with van der Waals surface area (Å²) in [6, 6.07) is 0. The van der Waals surface area contributed by atoms with Crippen molar-refractivity contribution in [1.29, 1.82) is 0 Å². The largest absolute Gasteiger partial charge is 0.387 e. The molecule has 4 nitrogen and oxygen atoms in total. The van der Waals surface area contributed by atoms with Crippen LogP contribution in [0.15, 0.2) is 23.3 Å². The summed E-state index contributed by atoms with van der Waals surface area (Å²) in [6.45, 7) is 0. The molecule has 136 valence electrons. The summed E-state index contributed by atoms with van der Waals surface area (Å²) < 4.78 is 0. The molecule has 0 saturated heterocycles. The molecule has 2 fully saturated rings. The third-order valence-electron chi connectivity index (χ3n) is 5.90. The van der Waals surface area contributed by atoms with Gasteiger partial charge in [0.05, 0.1) is 11.2 Å². The average Bonchev–Trinajstić information content (AvgIpc) is 3.55. The minimum absolute atomic E-state index is 0.571. The third-order valence-corrected chi connectivity index (χ3v) is 5.90. The number of aliphatic hydroxyl groups is 4. The second kappa shape index (κ2) is 7.28. The number of hydrogen-bond acceptors (Lipinski definition) is 4. The highest BCUT2D eigenvalue weighted by atomic mass is 16.4. The highest BCUT2D eigenvalue weighted by molar-refractivity contribution is 5.20. The Morgan fingerprint density at radius 2 is 1.04 bits per heavy atom. The number of rotatable bonds is 4. The van der Waals surface area contributed by atoms with Crippen molar-refractivity contribution in [2.24, 2.45) is 0 Å². The molecule has 0 aliphatic heterocycles. The molecule has 0 bridgehead atoms. The van der Waals surface area contributed by atoms with Crippen LogP contribution in [0.4, 0.5) is 0 Å². The normalized spacial score (nSPS) is 29.3. The summed E-state index contributed by atoms with van der Waals surface area (Å²) in [4.78, 5) is 0.